The molecule has 1 fully saturated rings. The van der Waals surface area contributed by atoms with Gasteiger partial charge in [-0.15, -0.1) is 0 Å². The Kier molecular flexibility index (Phi) is 5.15. The van der Waals surface area contributed by atoms with E-state index in [1.165, 1.54) is 5.56 Å². The van der Waals surface area contributed by atoms with Gasteiger partial charge in [0.25, 0.3) is 0 Å². The van der Waals surface area contributed by atoms with Crippen molar-refractivity contribution in [2.45, 2.75) is 32.0 Å². The fourth-order valence-corrected chi connectivity index (χ4v) is 3.92. The van der Waals surface area contributed by atoms with Gasteiger partial charge in [0.15, 0.2) is 5.76 Å². The molecule has 4 aromatic rings. The fourth-order valence-electron chi connectivity index (χ4n) is 3.92. The Balaban J connectivity index is 1.41. The third kappa shape index (κ3) is 4.11. The molecule has 1 N–H and O–H groups in total. The molecule has 0 saturated carbocycles. The number of hydrogen-bond acceptors (Lipinski definition) is 4. The maximum Gasteiger partial charge on any atom is 0.156 e. The van der Waals surface area contributed by atoms with Gasteiger partial charge in [-0.1, -0.05) is 48.5 Å². The highest BCUT2D eigenvalue weighted by molar-refractivity contribution is 5.82. The van der Waals surface area contributed by atoms with Crippen molar-refractivity contribution >= 4 is 11.0 Å². The molecular formula is C24H25N3O2. The molecule has 0 bridgehead atoms. The highest BCUT2D eigenvalue weighted by Crippen LogP contribution is 2.29. The van der Waals surface area contributed by atoms with Crippen LogP contribution in [-0.2, 0) is 17.8 Å². The number of furan rings is 1. The van der Waals surface area contributed by atoms with Crippen molar-refractivity contribution in [3.63, 3.8) is 0 Å². The Hall–Kier alpha value is -2.89. The van der Waals surface area contributed by atoms with E-state index in [1.54, 1.807) is 0 Å². The summed E-state index contributed by atoms with van der Waals surface area (Å²) in [5.41, 5.74) is 4.15. The van der Waals surface area contributed by atoms with Gasteiger partial charge >= 0.3 is 0 Å². The summed E-state index contributed by atoms with van der Waals surface area (Å²) in [5, 5.41) is 9.51. The molecule has 29 heavy (non-hydrogen) atoms. The number of para-hydroxylation sites is 1. The van der Waals surface area contributed by atoms with E-state index < -0.39 is 0 Å². The van der Waals surface area contributed by atoms with Gasteiger partial charge in [0.2, 0.25) is 0 Å². The van der Waals surface area contributed by atoms with Crippen molar-refractivity contribution in [2.75, 3.05) is 13.2 Å². The van der Waals surface area contributed by atoms with Gasteiger partial charge in [0.1, 0.15) is 11.3 Å². The first-order valence-electron chi connectivity index (χ1n) is 10.3. The zero-order valence-electron chi connectivity index (χ0n) is 16.4. The zero-order valence-corrected chi connectivity index (χ0v) is 16.4. The lowest BCUT2D eigenvalue weighted by Gasteiger charge is -2.10. The van der Waals surface area contributed by atoms with E-state index in [0.717, 1.165) is 67.1 Å². The second kappa shape index (κ2) is 8.23. The maximum atomic E-state index is 6.11. The Morgan fingerprint density at radius 1 is 1.07 bits per heavy atom. The Morgan fingerprint density at radius 2 is 1.93 bits per heavy atom. The van der Waals surface area contributed by atoms with Crippen LogP contribution >= 0.6 is 0 Å². The van der Waals surface area contributed by atoms with Crippen LogP contribution in [0.1, 0.15) is 24.0 Å². The predicted molar refractivity (Wildman–Crippen MR) is 114 cm³/mol. The first-order valence-corrected chi connectivity index (χ1v) is 10.3. The van der Waals surface area contributed by atoms with E-state index in [1.807, 2.05) is 28.9 Å². The van der Waals surface area contributed by atoms with Gasteiger partial charge in [-0.25, -0.2) is 0 Å². The minimum atomic E-state index is 0.323. The van der Waals surface area contributed by atoms with Crippen molar-refractivity contribution in [3.05, 3.63) is 78.0 Å². The van der Waals surface area contributed by atoms with Gasteiger partial charge in [0, 0.05) is 36.8 Å². The molecule has 1 saturated heterocycles. The summed E-state index contributed by atoms with van der Waals surface area (Å²) < 4.78 is 13.8. The monoisotopic (exact) mass is 387 g/mol. The number of ether oxygens (including phenoxy) is 1. The van der Waals surface area contributed by atoms with Crippen LogP contribution in [-0.4, -0.2) is 29.0 Å². The van der Waals surface area contributed by atoms with E-state index in [9.17, 15) is 0 Å². The predicted octanol–water partition coefficient (Wildman–Crippen LogP) is 4.61. The summed E-state index contributed by atoms with van der Waals surface area (Å²) in [6, 6.07) is 20.6. The quantitative estimate of drug-likeness (QED) is 0.503. The summed E-state index contributed by atoms with van der Waals surface area (Å²) in [6.07, 6.45) is 4.74. The molecule has 1 aliphatic rings. The molecule has 148 valence electrons. The molecule has 0 radical (unpaired) electrons. The van der Waals surface area contributed by atoms with Crippen LogP contribution in [0, 0.1) is 0 Å². The molecule has 1 atom stereocenters. The van der Waals surface area contributed by atoms with Gasteiger partial charge < -0.3 is 14.5 Å². The highest BCUT2D eigenvalue weighted by Gasteiger charge is 2.18. The number of nitrogens with one attached hydrogen (secondary N) is 1. The van der Waals surface area contributed by atoms with Crippen molar-refractivity contribution in [1.29, 1.82) is 0 Å². The molecule has 1 aliphatic heterocycles. The highest BCUT2D eigenvalue weighted by atomic mass is 16.5. The average Bonchev–Trinajstić information content (AvgIpc) is 3.48. The molecule has 5 rings (SSSR count). The summed E-state index contributed by atoms with van der Waals surface area (Å²) in [4.78, 5) is 0. The molecule has 0 amide bonds. The summed E-state index contributed by atoms with van der Waals surface area (Å²) in [6.45, 7) is 3.22. The third-order valence-corrected chi connectivity index (χ3v) is 5.40. The topological polar surface area (TPSA) is 52.2 Å². The molecule has 3 heterocycles. The third-order valence-electron chi connectivity index (χ3n) is 5.40. The van der Waals surface area contributed by atoms with Gasteiger partial charge in [-0.3, -0.25) is 4.68 Å². The van der Waals surface area contributed by atoms with Gasteiger partial charge in [-0.05, 0) is 30.5 Å². The maximum absolute atomic E-state index is 6.11. The van der Waals surface area contributed by atoms with E-state index >= 15 is 0 Å². The smallest absolute Gasteiger partial charge is 0.156 e. The molecular weight excluding hydrogens is 362 g/mol. The molecule has 0 unspecified atom stereocenters. The van der Waals surface area contributed by atoms with E-state index in [0.29, 0.717) is 6.10 Å². The number of aromatic nitrogens is 2. The molecule has 0 spiro atoms. The largest absolute Gasteiger partial charge is 0.454 e. The normalized spacial score (nSPS) is 16.6. The minimum Gasteiger partial charge on any atom is -0.454 e. The SMILES string of the molecule is c1ccc(Cn2cc(CNC[C@@H]3CCCO3)c(-c3cc4ccccc4o3)n2)cc1. The lowest BCUT2D eigenvalue weighted by Crippen LogP contribution is -2.25. The van der Waals surface area contributed by atoms with Crippen LogP contribution in [0.15, 0.2) is 71.3 Å². The van der Waals surface area contributed by atoms with Crippen molar-refractivity contribution in [2.24, 2.45) is 0 Å². The zero-order chi connectivity index (χ0) is 19.5. The van der Waals surface area contributed by atoms with Crippen molar-refractivity contribution in [3.8, 4) is 11.5 Å². The lowest BCUT2D eigenvalue weighted by molar-refractivity contribution is 0.110. The van der Waals surface area contributed by atoms with Crippen LogP contribution in [0.4, 0.5) is 0 Å². The van der Waals surface area contributed by atoms with Gasteiger partial charge in [-0.2, -0.15) is 5.10 Å². The molecule has 2 aromatic carbocycles. The average molecular weight is 387 g/mol. The van der Waals surface area contributed by atoms with Crippen LogP contribution in [0.3, 0.4) is 0 Å². The standard InChI is InChI=1S/C24H25N3O2/c1-2-7-18(8-3-1)16-27-17-20(14-25-15-21-10-6-12-28-21)24(26-27)23-13-19-9-4-5-11-22(19)29-23/h1-5,7-9,11,13,17,21,25H,6,10,12,14-16H2/t21-/m0/s1. The second-order valence-corrected chi connectivity index (χ2v) is 7.60. The number of fused-ring (bicyclic) bond motifs is 1. The van der Waals surface area contributed by atoms with Crippen LogP contribution in [0.5, 0.6) is 0 Å². The molecule has 2 aromatic heterocycles. The van der Waals surface area contributed by atoms with E-state index in [2.05, 4.69) is 47.9 Å². The van der Waals surface area contributed by atoms with E-state index in [4.69, 9.17) is 14.3 Å². The van der Waals surface area contributed by atoms with Crippen LogP contribution in [0.2, 0.25) is 0 Å². The lowest BCUT2D eigenvalue weighted by atomic mass is 10.2. The number of hydrogen-bond donors (Lipinski definition) is 1. The summed E-state index contributed by atoms with van der Waals surface area (Å²) >= 11 is 0. The first-order chi connectivity index (χ1) is 14.3. The van der Waals surface area contributed by atoms with E-state index in [-0.39, 0.29) is 0 Å². The molecule has 5 heteroatoms. The Morgan fingerprint density at radius 3 is 2.76 bits per heavy atom. The second-order valence-electron chi connectivity index (χ2n) is 7.60. The fraction of sp³-hybridized carbons (Fsp3) is 0.292. The Labute approximate surface area is 170 Å². The van der Waals surface area contributed by atoms with Crippen molar-refractivity contribution < 1.29 is 9.15 Å². The number of benzene rings is 2. The minimum absolute atomic E-state index is 0.323. The van der Waals surface area contributed by atoms with Gasteiger partial charge in [0.05, 0.1) is 12.6 Å². The number of rotatable bonds is 7. The van der Waals surface area contributed by atoms with Crippen LogP contribution in [0.25, 0.3) is 22.4 Å². The van der Waals surface area contributed by atoms with Crippen LogP contribution < -0.4 is 5.32 Å². The summed E-state index contributed by atoms with van der Waals surface area (Å²) in [5.74, 6) is 0.812. The number of nitrogens with zero attached hydrogens (tertiary/aromatic N) is 2. The molecule has 5 nitrogen and oxygen atoms in total. The Bertz CT molecular complexity index is 1040. The summed E-state index contributed by atoms with van der Waals surface area (Å²) in [7, 11) is 0. The molecule has 0 aliphatic carbocycles. The first kappa shape index (κ1) is 18.2. The van der Waals surface area contributed by atoms with Crippen molar-refractivity contribution in [1.82, 2.24) is 15.1 Å².